The molecule has 90 valence electrons. The Kier molecular flexibility index (Phi) is 3.49. The summed E-state index contributed by atoms with van der Waals surface area (Å²) in [6, 6.07) is 0.880. The monoisotopic (exact) mass is 214 g/mol. The molecule has 15 heavy (non-hydrogen) atoms. The minimum absolute atomic E-state index is 0.0123. The smallest absolute Gasteiger partial charge is 0.0664 e. The van der Waals surface area contributed by atoms with Crippen LogP contribution in [0, 0.1) is 11.3 Å². The number of aliphatic hydroxyl groups is 1. The van der Waals surface area contributed by atoms with Gasteiger partial charge in [-0.3, -0.25) is 0 Å². The van der Waals surface area contributed by atoms with Crippen LogP contribution in [0.1, 0.15) is 20.8 Å². The fraction of sp³-hybridized carbons (Fsp3) is 1.00. The van der Waals surface area contributed by atoms with Crippen molar-refractivity contribution < 1.29 is 5.11 Å². The first-order valence-corrected chi connectivity index (χ1v) is 5.72. The SMILES string of the molecule is CC(C1C(O)C(C)(C)C1N(C)C)N(C)C. The molecule has 1 N–H and O–H groups in total. The fourth-order valence-corrected chi connectivity index (χ4v) is 3.10. The van der Waals surface area contributed by atoms with Gasteiger partial charge in [0.2, 0.25) is 0 Å². The molecule has 3 nitrogen and oxygen atoms in total. The van der Waals surface area contributed by atoms with Crippen LogP contribution < -0.4 is 0 Å². The maximum atomic E-state index is 10.2. The number of aliphatic hydroxyl groups excluding tert-OH is 1. The topological polar surface area (TPSA) is 26.7 Å². The Bertz CT molecular complexity index is 222. The summed E-state index contributed by atoms with van der Waals surface area (Å²) in [4.78, 5) is 4.44. The highest BCUT2D eigenvalue weighted by molar-refractivity contribution is 5.11. The van der Waals surface area contributed by atoms with E-state index in [-0.39, 0.29) is 11.5 Å². The summed E-state index contributed by atoms with van der Waals surface area (Å²) in [6.07, 6.45) is -0.192. The number of hydrogen-bond acceptors (Lipinski definition) is 3. The molecule has 0 aromatic rings. The minimum atomic E-state index is -0.192. The molecule has 1 saturated carbocycles. The lowest BCUT2D eigenvalue weighted by molar-refractivity contribution is -0.182. The van der Waals surface area contributed by atoms with Gasteiger partial charge in [0.15, 0.2) is 0 Å². The average Bonchev–Trinajstić information content (AvgIpc) is 2.10. The van der Waals surface area contributed by atoms with Gasteiger partial charge in [-0.05, 0) is 35.1 Å². The van der Waals surface area contributed by atoms with Gasteiger partial charge in [0.1, 0.15) is 0 Å². The van der Waals surface area contributed by atoms with E-state index >= 15 is 0 Å². The zero-order valence-electron chi connectivity index (χ0n) is 11.2. The Labute approximate surface area is 94.1 Å². The van der Waals surface area contributed by atoms with Gasteiger partial charge in [0.25, 0.3) is 0 Å². The molecule has 1 fully saturated rings. The molecule has 0 heterocycles. The highest BCUT2D eigenvalue weighted by Crippen LogP contribution is 2.49. The average molecular weight is 214 g/mol. The van der Waals surface area contributed by atoms with Crippen LogP contribution in [0.5, 0.6) is 0 Å². The zero-order valence-corrected chi connectivity index (χ0v) is 11.2. The summed E-state index contributed by atoms with van der Waals surface area (Å²) in [5, 5.41) is 10.2. The summed E-state index contributed by atoms with van der Waals surface area (Å²) >= 11 is 0. The van der Waals surface area contributed by atoms with E-state index in [1.807, 2.05) is 0 Å². The first kappa shape index (κ1) is 12.9. The standard InChI is InChI=1S/C12H26N2O/c1-8(13(4)5)9-10(14(6)7)12(2,3)11(9)15/h8-11,15H,1-7H3. The molecule has 1 rings (SSSR count). The van der Waals surface area contributed by atoms with Gasteiger partial charge in [0, 0.05) is 23.4 Å². The van der Waals surface area contributed by atoms with Crippen molar-refractivity contribution in [2.24, 2.45) is 11.3 Å². The zero-order chi connectivity index (χ0) is 12.0. The summed E-state index contributed by atoms with van der Waals surface area (Å²) in [5.41, 5.74) is 0.0123. The van der Waals surface area contributed by atoms with Crippen LogP contribution in [0.15, 0.2) is 0 Å². The molecule has 0 amide bonds. The van der Waals surface area contributed by atoms with Crippen LogP contribution in [0.3, 0.4) is 0 Å². The predicted molar refractivity (Wildman–Crippen MR) is 63.9 cm³/mol. The maximum absolute atomic E-state index is 10.2. The Morgan fingerprint density at radius 1 is 1.13 bits per heavy atom. The molecule has 0 spiro atoms. The van der Waals surface area contributed by atoms with Crippen molar-refractivity contribution in [3.8, 4) is 0 Å². The normalized spacial score (nSPS) is 36.8. The second kappa shape index (κ2) is 4.04. The fourth-order valence-electron chi connectivity index (χ4n) is 3.10. The first-order valence-electron chi connectivity index (χ1n) is 5.72. The summed E-state index contributed by atoms with van der Waals surface area (Å²) < 4.78 is 0. The highest BCUT2D eigenvalue weighted by atomic mass is 16.3. The van der Waals surface area contributed by atoms with E-state index in [1.54, 1.807) is 0 Å². The van der Waals surface area contributed by atoms with E-state index in [0.717, 1.165) is 0 Å². The molecular weight excluding hydrogens is 188 g/mol. The van der Waals surface area contributed by atoms with Gasteiger partial charge in [-0.15, -0.1) is 0 Å². The third-order valence-corrected chi connectivity index (χ3v) is 4.18. The predicted octanol–water partition coefficient (Wildman–Crippen LogP) is 0.884. The lowest BCUT2D eigenvalue weighted by Gasteiger charge is -2.61. The van der Waals surface area contributed by atoms with Gasteiger partial charge < -0.3 is 14.9 Å². The Hall–Kier alpha value is -0.120. The van der Waals surface area contributed by atoms with Crippen molar-refractivity contribution >= 4 is 0 Å². The van der Waals surface area contributed by atoms with E-state index in [2.05, 4.69) is 58.8 Å². The van der Waals surface area contributed by atoms with Crippen LogP contribution in [0.25, 0.3) is 0 Å². The molecule has 0 aliphatic heterocycles. The molecule has 0 saturated heterocycles. The second-order valence-electron chi connectivity index (χ2n) is 5.96. The van der Waals surface area contributed by atoms with E-state index in [0.29, 0.717) is 18.0 Å². The number of hydrogen-bond donors (Lipinski definition) is 1. The molecule has 0 radical (unpaired) electrons. The Morgan fingerprint density at radius 3 is 1.93 bits per heavy atom. The minimum Gasteiger partial charge on any atom is -0.392 e. The van der Waals surface area contributed by atoms with Gasteiger partial charge >= 0.3 is 0 Å². The highest BCUT2D eigenvalue weighted by Gasteiger charge is 2.58. The largest absolute Gasteiger partial charge is 0.392 e. The van der Waals surface area contributed by atoms with Crippen LogP contribution in [0.4, 0.5) is 0 Å². The van der Waals surface area contributed by atoms with E-state index in [9.17, 15) is 5.11 Å². The summed E-state index contributed by atoms with van der Waals surface area (Å²) in [5.74, 6) is 0.352. The molecule has 4 atom stereocenters. The van der Waals surface area contributed by atoms with Crippen molar-refractivity contribution in [2.75, 3.05) is 28.2 Å². The molecule has 4 unspecified atom stereocenters. The molecule has 0 bridgehead atoms. The van der Waals surface area contributed by atoms with Crippen molar-refractivity contribution in [1.29, 1.82) is 0 Å². The molecule has 1 aliphatic carbocycles. The van der Waals surface area contributed by atoms with E-state index in [1.165, 1.54) is 0 Å². The third kappa shape index (κ3) is 1.93. The van der Waals surface area contributed by atoms with Crippen molar-refractivity contribution in [1.82, 2.24) is 9.80 Å². The van der Waals surface area contributed by atoms with Crippen LogP contribution in [-0.2, 0) is 0 Å². The molecule has 0 aromatic carbocycles. The lowest BCUT2D eigenvalue weighted by atomic mass is 9.54. The van der Waals surface area contributed by atoms with Crippen molar-refractivity contribution in [2.45, 2.75) is 39.0 Å². The Balaban J connectivity index is 2.82. The van der Waals surface area contributed by atoms with Gasteiger partial charge in [0.05, 0.1) is 6.10 Å². The van der Waals surface area contributed by atoms with Gasteiger partial charge in [-0.25, -0.2) is 0 Å². The van der Waals surface area contributed by atoms with Crippen molar-refractivity contribution in [3.63, 3.8) is 0 Å². The quantitative estimate of drug-likeness (QED) is 0.755. The summed E-state index contributed by atoms with van der Waals surface area (Å²) in [6.45, 7) is 6.50. The molecule has 1 aliphatic rings. The summed E-state index contributed by atoms with van der Waals surface area (Å²) in [7, 11) is 8.37. The number of rotatable bonds is 3. The number of nitrogens with zero attached hydrogens (tertiary/aromatic N) is 2. The maximum Gasteiger partial charge on any atom is 0.0664 e. The molecular formula is C12H26N2O. The van der Waals surface area contributed by atoms with Crippen LogP contribution >= 0.6 is 0 Å². The molecule has 0 aromatic heterocycles. The first-order chi connectivity index (χ1) is 6.71. The molecule has 3 heteroatoms. The van der Waals surface area contributed by atoms with Gasteiger partial charge in [-0.2, -0.15) is 0 Å². The van der Waals surface area contributed by atoms with Crippen LogP contribution in [0.2, 0.25) is 0 Å². The van der Waals surface area contributed by atoms with E-state index < -0.39 is 0 Å². The van der Waals surface area contributed by atoms with E-state index in [4.69, 9.17) is 0 Å². The van der Waals surface area contributed by atoms with Gasteiger partial charge in [-0.1, -0.05) is 13.8 Å². The lowest BCUT2D eigenvalue weighted by Crippen LogP contribution is -2.70. The third-order valence-electron chi connectivity index (χ3n) is 4.18. The second-order valence-corrected chi connectivity index (χ2v) is 5.96. The Morgan fingerprint density at radius 2 is 1.60 bits per heavy atom. The van der Waals surface area contributed by atoms with Crippen LogP contribution in [-0.4, -0.2) is 61.3 Å². The van der Waals surface area contributed by atoms with Crippen molar-refractivity contribution in [3.05, 3.63) is 0 Å².